The van der Waals surface area contributed by atoms with Crippen molar-refractivity contribution in [1.29, 1.82) is 0 Å². The van der Waals surface area contributed by atoms with Crippen LogP contribution in [0.3, 0.4) is 0 Å². The fraction of sp³-hybridized carbons (Fsp3) is 0.133. The van der Waals surface area contributed by atoms with E-state index in [1.165, 1.54) is 48.5 Å². The van der Waals surface area contributed by atoms with E-state index in [4.69, 9.17) is 0 Å². The van der Waals surface area contributed by atoms with Crippen molar-refractivity contribution in [2.75, 3.05) is 0 Å². The number of carbonyl (C=O) groups is 1. The lowest BCUT2D eigenvalue weighted by Gasteiger charge is -2.12. The van der Waals surface area contributed by atoms with Crippen molar-refractivity contribution >= 4 is 11.7 Å². The van der Waals surface area contributed by atoms with E-state index < -0.39 is 16.8 Å². The van der Waals surface area contributed by atoms with E-state index in [1.54, 1.807) is 0 Å². The van der Waals surface area contributed by atoms with Crippen molar-refractivity contribution < 1.29 is 19.2 Å². The molecule has 1 atom stereocenters. The minimum Gasteiger partial charge on any atom is -0.481 e. The molecule has 2 aromatic rings. The summed E-state index contributed by atoms with van der Waals surface area (Å²) >= 11 is 0. The number of carboxylic acid groups (broad SMARTS) is 1. The minimum atomic E-state index is -1.03. The molecule has 0 amide bonds. The van der Waals surface area contributed by atoms with Crippen molar-refractivity contribution in [3.8, 4) is 0 Å². The average Bonchev–Trinajstić information content (AvgIpc) is 2.46. The largest absolute Gasteiger partial charge is 0.481 e. The first kappa shape index (κ1) is 14.6. The summed E-state index contributed by atoms with van der Waals surface area (Å²) in [4.78, 5) is 21.4. The molecule has 1 unspecified atom stereocenters. The van der Waals surface area contributed by atoms with Gasteiger partial charge in [0.15, 0.2) is 0 Å². The highest BCUT2D eigenvalue weighted by molar-refractivity contribution is 5.76. The fourth-order valence-electron chi connectivity index (χ4n) is 2.03. The lowest BCUT2D eigenvalue weighted by atomic mass is 9.92. The average molecular weight is 289 g/mol. The summed E-state index contributed by atoms with van der Waals surface area (Å²) in [5.41, 5.74) is 1.06. The normalized spacial score (nSPS) is 11.9. The highest BCUT2D eigenvalue weighted by Gasteiger charge is 2.21. The van der Waals surface area contributed by atoms with Crippen LogP contribution in [0.5, 0.6) is 0 Å². The maximum absolute atomic E-state index is 12.8. The number of nitro benzene ring substituents is 1. The van der Waals surface area contributed by atoms with E-state index in [-0.39, 0.29) is 17.9 Å². The Bertz CT molecular complexity index is 652. The first-order valence-corrected chi connectivity index (χ1v) is 6.19. The van der Waals surface area contributed by atoms with Crippen LogP contribution < -0.4 is 0 Å². The number of hydrogen-bond acceptors (Lipinski definition) is 3. The maximum atomic E-state index is 12.8. The van der Waals surface area contributed by atoms with Crippen molar-refractivity contribution in [2.45, 2.75) is 12.3 Å². The molecular weight excluding hydrogens is 277 g/mol. The smallest absolute Gasteiger partial charge is 0.311 e. The molecule has 2 aromatic carbocycles. The minimum absolute atomic E-state index is 0.0929. The van der Waals surface area contributed by atoms with Crippen LogP contribution in [-0.4, -0.2) is 16.0 Å². The highest BCUT2D eigenvalue weighted by Crippen LogP contribution is 2.24. The Balaban J connectivity index is 2.24. The Morgan fingerprint density at radius 3 is 2.19 bits per heavy atom. The van der Waals surface area contributed by atoms with Gasteiger partial charge in [-0.1, -0.05) is 24.3 Å². The number of aliphatic carboxylic acids is 1. The molecular formula is C15H12FNO4. The van der Waals surface area contributed by atoms with Crippen LogP contribution in [0.4, 0.5) is 10.1 Å². The third-order valence-electron chi connectivity index (χ3n) is 3.16. The molecule has 0 aliphatic heterocycles. The zero-order chi connectivity index (χ0) is 15.4. The molecule has 0 radical (unpaired) electrons. The quantitative estimate of drug-likeness (QED) is 0.677. The molecule has 1 N–H and O–H groups in total. The Morgan fingerprint density at radius 2 is 1.71 bits per heavy atom. The summed E-state index contributed by atoms with van der Waals surface area (Å²) in [5, 5.41) is 19.9. The molecule has 0 bridgehead atoms. The summed E-state index contributed by atoms with van der Waals surface area (Å²) in [5.74, 6) is -2.26. The molecule has 6 heteroatoms. The van der Waals surface area contributed by atoms with Gasteiger partial charge in [0.25, 0.3) is 5.69 Å². The van der Waals surface area contributed by atoms with E-state index in [0.717, 1.165) is 0 Å². The zero-order valence-electron chi connectivity index (χ0n) is 10.9. The first-order valence-electron chi connectivity index (χ1n) is 6.19. The van der Waals surface area contributed by atoms with Gasteiger partial charge in [0, 0.05) is 12.1 Å². The highest BCUT2D eigenvalue weighted by atomic mass is 19.1. The molecule has 0 aromatic heterocycles. The summed E-state index contributed by atoms with van der Waals surface area (Å²) in [7, 11) is 0. The number of benzene rings is 2. The van der Waals surface area contributed by atoms with Gasteiger partial charge in [-0.05, 0) is 29.7 Å². The number of nitrogens with zero attached hydrogens (tertiary/aromatic N) is 1. The van der Waals surface area contributed by atoms with Crippen LogP contribution >= 0.6 is 0 Å². The lowest BCUT2D eigenvalue weighted by Crippen LogP contribution is -2.14. The van der Waals surface area contributed by atoms with Crippen LogP contribution in [0.15, 0.2) is 48.5 Å². The van der Waals surface area contributed by atoms with E-state index in [9.17, 15) is 24.4 Å². The molecule has 0 aliphatic carbocycles. The number of nitro groups is 1. The van der Waals surface area contributed by atoms with Crippen LogP contribution in [-0.2, 0) is 11.2 Å². The number of carboxylic acids is 1. The van der Waals surface area contributed by atoms with Crippen molar-refractivity contribution in [3.05, 3.63) is 75.6 Å². The van der Waals surface area contributed by atoms with Gasteiger partial charge in [-0.2, -0.15) is 0 Å². The number of halogens is 1. The van der Waals surface area contributed by atoms with Gasteiger partial charge in [0.1, 0.15) is 5.82 Å². The SMILES string of the molecule is O=C(O)C(Cc1ccc(F)cc1)c1ccc([N+](=O)[O-])cc1. The molecule has 108 valence electrons. The first-order chi connectivity index (χ1) is 9.97. The molecule has 0 fully saturated rings. The monoisotopic (exact) mass is 289 g/mol. The molecule has 0 aliphatic rings. The van der Waals surface area contributed by atoms with Gasteiger partial charge in [-0.15, -0.1) is 0 Å². The fourth-order valence-corrected chi connectivity index (χ4v) is 2.03. The van der Waals surface area contributed by atoms with E-state index in [1.807, 2.05) is 0 Å². The van der Waals surface area contributed by atoms with Crippen molar-refractivity contribution in [1.82, 2.24) is 0 Å². The Morgan fingerprint density at radius 1 is 1.14 bits per heavy atom. The molecule has 0 spiro atoms. The number of non-ortho nitro benzene ring substituents is 1. The lowest BCUT2D eigenvalue weighted by molar-refractivity contribution is -0.384. The number of hydrogen-bond donors (Lipinski definition) is 1. The second-order valence-electron chi connectivity index (χ2n) is 4.57. The van der Waals surface area contributed by atoms with Gasteiger partial charge >= 0.3 is 5.97 Å². The standard InChI is InChI=1S/C15H12FNO4/c16-12-5-1-10(2-6-12)9-14(15(18)19)11-3-7-13(8-4-11)17(20)21/h1-8,14H,9H2,(H,18,19). The third kappa shape index (κ3) is 3.62. The predicted molar refractivity (Wildman–Crippen MR) is 73.6 cm³/mol. The van der Waals surface area contributed by atoms with Crippen LogP contribution in [0, 0.1) is 15.9 Å². The second-order valence-corrected chi connectivity index (χ2v) is 4.57. The van der Waals surface area contributed by atoms with E-state index in [0.29, 0.717) is 11.1 Å². The van der Waals surface area contributed by atoms with E-state index >= 15 is 0 Å². The summed E-state index contributed by atoms with van der Waals surface area (Å²) in [6.45, 7) is 0. The van der Waals surface area contributed by atoms with E-state index in [2.05, 4.69) is 0 Å². The van der Waals surface area contributed by atoms with Gasteiger partial charge < -0.3 is 5.11 Å². The molecule has 0 saturated carbocycles. The van der Waals surface area contributed by atoms with Crippen molar-refractivity contribution in [3.63, 3.8) is 0 Å². The topological polar surface area (TPSA) is 80.4 Å². The number of rotatable bonds is 5. The zero-order valence-corrected chi connectivity index (χ0v) is 10.9. The summed E-state index contributed by atoms with van der Waals surface area (Å²) in [6, 6.07) is 11.0. The van der Waals surface area contributed by atoms with Crippen LogP contribution in [0.1, 0.15) is 17.0 Å². The van der Waals surface area contributed by atoms with Crippen LogP contribution in [0.25, 0.3) is 0 Å². The second kappa shape index (κ2) is 6.13. The molecule has 2 rings (SSSR count). The van der Waals surface area contributed by atoms with Gasteiger partial charge in [0.05, 0.1) is 10.8 Å². The molecule has 5 nitrogen and oxygen atoms in total. The van der Waals surface area contributed by atoms with Crippen molar-refractivity contribution in [2.24, 2.45) is 0 Å². The Kier molecular flexibility index (Phi) is 4.27. The maximum Gasteiger partial charge on any atom is 0.311 e. The van der Waals surface area contributed by atoms with Gasteiger partial charge in [0.2, 0.25) is 0 Å². The van der Waals surface area contributed by atoms with Gasteiger partial charge in [-0.3, -0.25) is 14.9 Å². The Hall–Kier alpha value is -2.76. The predicted octanol–water partition coefficient (Wildman–Crippen LogP) is 3.14. The summed E-state index contributed by atoms with van der Waals surface area (Å²) < 4.78 is 12.8. The Labute approximate surface area is 119 Å². The molecule has 21 heavy (non-hydrogen) atoms. The van der Waals surface area contributed by atoms with Crippen LogP contribution in [0.2, 0.25) is 0 Å². The molecule has 0 saturated heterocycles. The van der Waals surface area contributed by atoms with Gasteiger partial charge in [-0.25, -0.2) is 4.39 Å². The third-order valence-corrected chi connectivity index (χ3v) is 3.16. The summed E-state index contributed by atoms with van der Waals surface area (Å²) in [6.07, 6.45) is 0.188. The molecule has 0 heterocycles.